The summed E-state index contributed by atoms with van der Waals surface area (Å²) >= 11 is 0. The second-order valence-corrected chi connectivity index (χ2v) is 4.47. The van der Waals surface area contributed by atoms with E-state index in [1.165, 1.54) is 0 Å². The summed E-state index contributed by atoms with van der Waals surface area (Å²) in [6.45, 7) is 1.41. The van der Waals surface area contributed by atoms with Crippen LogP contribution in [0.1, 0.15) is 12.0 Å². The fourth-order valence-corrected chi connectivity index (χ4v) is 2.01. The Morgan fingerprint density at radius 3 is 3.10 bits per heavy atom. The van der Waals surface area contributed by atoms with Crippen LogP contribution in [0.4, 0.5) is 5.69 Å². The van der Waals surface area contributed by atoms with E-state index in [0.717, 1.165) is 12.0 Å². The Morgan fingerprint density at radius 2 is 2.45 bits per heavy atom. The van der Waals surface area contributed by atoms with Crippen LogP contribution < -0.4 is 15.8 Å². The number of ether oxygens (including phenoxy) is 2. The summed E-state index contributed by atoms with van der Waals surface area (Å²) < 4.78 is 10.5. The zero-order valence-corrected chi connectivity index (χ0v) is 11.4. The third-order valence-electron chi connectivity index (χ3n) is 3.09. The number of methoxy groups -OCH3 is 1. The predicted octanol–water partition coefficient (Wildman–Crippen LogP) is 0.980. The zero-order chi connectivity index (χ0) is 14.4. The van der Waals surface area contributed by atoms with Crippen molar-refractivity contribution >= 4 is 11.6 Å². The Morgan fingerprint density at radius 1 is 1.60 bits per heavy atom. The number of nitrogens with one attached hydrogen (secondary N) is 1. The molecule has 1 unspecified atom stereocenters. The molecule has 1 aliphatic rings. The molecule has 0 spiro atoms. The van der Waals surface area contributed by atoms with Crippen LogP contribution in [0, 0.1) is 17.8 Å². The van der Waals surface area contributed by atoms with E-state index in [1.54, 1.807) is 19.2 Å². The molecule has 0 bridgehead atoms. The first-order chi connectivity index (χ1) is 9.74. The highest BCUT2D eigenvalue weighted by Gasteiger charge is 2.24. The number of carbonyl (C=O) groups excluding carboxylic acids is 1. The standard InChI is InChI=1S/C15H18N2O3/c1-19-14-5-4-11(3-2-7-16)9-13(14)17-15(18)12-6-8-20-10-12/h4-5,9,12H,6-8,10,16H2,1H3,(H,17,18). The molecule has 0 aromatic heterocycles. The fraction of sp³-hybridized carbons (Fsp3) is 0.400. The van der Waals surface area contributed by atoms with Gasteiger partial charge in [-0.2, -0.15) is 0 Å². The molecular weight excluding hydrogens is 256 g/mol. The summed E-state index contributed by atoms with van der Waals surface area (Å²) in [5, 5.41) is 2.88. The fourth-order valence-electron chi connectivity index (χ4n) is 2.01. The van der Waals surface area contributed by atoms with Gasteiger partial charge in [0, 0.05) is 12.2 Å². The van der Waals surface area contributed by atoms with Crippen molar-refractivity contribution in [2.45, 2.75) is 6.42 Å². The van der Waals surface area contributed by atoms with Gasteiger partial charge in [-0.1, -0.05) is 11.8 Å². The van der Waals surface area contributed by atoms with Crippen molar-refractivity contribution in [2.75, 3.05) is 32.2 Å². The van der Waals surface area contributed by atoms with Gasteiger partial charge in [-0.15, -0.1) is 0 Å². The minimum absolute atomic E-state index is 0.0512. The summed E-state index contributed by atoms with van der Waals surface area (Å²) in [6.07, 6.45) is 0.751. The lowest BCUT2D eigenvalue weighted by atomic mass is 10.1. The number of nitrogens with two attached hydrogens (primary N) is 1. The quantitative estimate of drug-likeness (QED) is 0.806. The minimum Gasteiger partial charge on any atom is -0.495 e. The van der Waals surface area contributed by atoms with Crippen molar-refractivity contribution in [1.29, 1.82) is 0 Å². The Labute approximate surface area is 118 Å². The molecule has 5 nitrogen and oxygen atoms in total. The maximum Gasteiger partial charge on any atom is 0.230 e. The molecule has 1 aromatic rings. The number of amides is 1. The molecule has 3 N–H and O–H groups in total. The summed E-state index contributed by atoms with van der Waals surface area (Å²) in [6, 6.07) is 5.40. The van der Waals surface area contributed by atoms with Crippen LogP contribution in [0.25, 0.3) is 0 Å². The highest BCUT2D eigenvalue weighted by Crippen LogP contribution is 2.26. The maximum absolute atomic E-state index is 12.1. The molecule has 1 fully saturated rings. The topological polar surface area (TPSA) is 73.6 Å². The largest absolute Gasteiger partial charge is 0.495 e. The molecule has 1 heterocycles. The SMILES string of the molecule is COc1ccc(C#CCN)cc1NC(=O)C1CCOC1. The van der Waals surface area contributed by atoms with Crippen molar-refractivity contribution in [1.82, 2.24) is 0 Å². The van der Waals surface area contributed by atoms with Gasteiger partial charge >= 0.3 is 0 Å². The molecular formula is C15H18N2O3. The molecule has 106 valence electrons. The lowest BCUT2D eigenvalue weighted by Crippen LogP contribution is -2.23. The molecule has 1 atom stereocenters. The van der Waals surface area contributed by atoms with E-state index in [1.807, 2.05) is 6.07 Å². The van der Waals surface area contributed by atoms with Crippen LogP contribution in [0.2, 0.25) is 0 Å². The molecule has 0 saturated carbocycles. The smallest absolute Gasteiger partial charge is 0.230 e. The van der Waals surface area contributed by atoms with Gasteiger partial charge in [0.05, 0.1) is 31.9 Å². The van der Waals surface area contributed by atoms with Crippen LogP contribution in [0.5, 0.6) is 5.75 Å². The molecule has 1 amide bonds. The molecule has 1 aromatic carbocycles. The number of hydrogen-bond acceptors (Lipinski definition) is 4. The van der Waals surface area contributed by atoms with Crippen LogP contribution in [0.15, 0.2) is 18.2 Å². The molecule has 2 rings (SSSR count). The second-order valence-electron chi connectivity index (χ2n) is 4.47. The normalized spacial score (nSPS) is 17.2. The van der Waals surface area contributed by atoms with Gasteiger partial charge in [-0.05, 0) is 24.6 Å². The highest BCUT2D eigenvalue weighted by atomic mass is 16.5. The van der Waals surface area contributed by atoms with E-state index in [9.17, 15) is 4.79 Å². The molecule has 5 heteroatoms. The van der Waals surface area contributed by atoms with Crippen LogP contribution >= 0.6 is 0 Å². The zero-order valence-electron chi connectivity index (χ0n) is 11.4. The lowest BCUT2D eigenvalue weighted by molar-refractivity contribution is -0.119. The summed E-state index contributed by atoms with van der Waals surface area (Å²) in [4.78, 5) is 12.1. The van der Waals surface area contributed by atoms with Crippen molar-refractivity contribution in [3.8, 4) is 17.6 Å². The Kier molecular flexibility index (Phi) is 4.99. The van der Waals surface area contributed by atoms with Gasteiger partial charge in [0.15, 0.2) is 0 Å². The highest BCUT2D eigenvalue weighted by molar-refractivity contribution is 5.94. The van der Waals surface area contributed by atoms with Crippen molar-refractivity contribution in [3.05, 3.63) is 23.8 Å². The lowest BCUT2D eigenvalue weighted by Gasteiger charge is -2.13. The van der Waals surface area contributed by atoms with E-state index < -0.39 is 0 Å². The molecule has 1 saturated heterocycles. The predicted molar refractivity (Wildman–Crippen MR) is 76.5 cm³/mol. The number of anilines is 1. The van der Waals surface area contributed by atoms with Gasteiger partial charge in [0.25, 0.3) is 0 Å². The van der Waals surface area contributed by atoms with Crippen LogP contribution in [-0.2, 0) is 9.53 Å². The first-order valence-corrected chi connectivity index (χ1v) is 6.50. The van der Waals surface area contributed by atoms with E-state index in [-0.39, 0.29) is 11.8 Å². The Bertz CT molecular complexity index is 540. The second kappa shape index (κ2) is 6.94. The van der Waals surface area contributed by atoms with Gasteiger partial charge in [0.2, 0.25) is 5.91 Å². The Balaban J connectivity index is 2.17. The monoisotopic (exact) mass is 274 g/mol. The van der Waals surface area contributed by atoms with E-state index in [4.69, 9.17) is 15.2 Å². The van der Waals surface area contributed by atoms with Crippen LogP contribution in [0.3, 0.4) is 0 Å². The minimum atomic E-state index is -0.0986. The molecule has 20 heavy (non-hydrogen) atoms. The number of rotatable bonds is 3. The average Bonchev–Trinajstić information content (AvgIpc) is 2.99. The number of hydrogen-bond donors (Lipinski definition) is 2. The first kappa shape index (κ1) is 14.4. The molecule has 0 radical (unpaired) electrons. The number of carbonyl (C=O) groups is 1. The van der Waals surface area contributed by atoms with Gasteiger partial charge in [-0.25, -0.2) is 0 Å². The average molecular weight is 274 g/mol. The molecule has 1 aliphatic heterocycles. The van der Waals surface area contributed by atoms with Gasteiger partial charge < -0.3 is 20.5 Å². The third-order valence-corrected chi connectivity index (χ3v) is 3.09. The van der Waals surface area contributed by atoms with Crippen molar-refractivity contribution in [2.24, 2.45) is 11.7 Å². The van der Waals surface area contributed by atoms with E-state index in [2.05, 4.69) is 17.2 Å². The van der Waals surface area contributed by atoms with Crippen molar-refractivity contribution < 1.29 is 14.3 Å². The van der Waals surface area contributed by atoms with Crippen molar-refractivity contribution in [3.63, 3.8) is 0 Å². The first-order valence-electron chi connectivity index (χ1n) is 6.50. The summed E-state index contributed by atoms with van der Waals surface area (Å²) in [5.41, 5.74) is 6.76. The molecule has 0 aliphatic carbocycles. The van der Waals surface area contributed by atoms with Gasteiger partial charge in [0.1, 0.15) is 5.75 Å². The Hall–Kier alpha value is -2.03. The maximum atomic E-state index is 12.1. The van der Waals surface area contributed by atoms with Crippen LogP contribution in [-0.4, -0.2) is 32.8 Å². The van der Waals surface area contributed by atoms with Gasteiger partial charge in [-0.3, -0.25) is 4.79 Å². The third kappa shape index (κ3) is 3.50. The number of benzene rings is 1. The summed E-state index contributed by atoms with van der Waals surface area (Å²) in [7, 11) is 1.56. The van der Waals surface area contributed by atoms with E-state index >= 15 is 0 Å². The summed E-state index contributed by atoms with van der Waals surface area (Å²) in [5.74, 6) is 6.17. The van der Waals surface area contributed by atoms with E-state index in [0.29, 0.717) is 31.2 Å².